The summed E-state index contributed by atoms with van der Waals surface area (Å²) in [6.07, 6.45) is 0. The van der Waals surface area contributed by atoms with Crippen LogP contribution in [0.1, 0.15) is 26.4 Å². The predicted molar refractivity (Wildman–Crippen MR) is 123 cm³/mol. The zero-order valence-corrected chi connectivity index (χ0v) is 18.9. The molecular formula is C22H16F2N4O3S2. The number of ether oxygens (including phenoxy) is 1. The summed E-state index contributed by atoms with van der Waals surface area (Å²) in [5, 5.41) is 7.73. The van der Waals surface area contributed by atoms with Gasteiger partial charge >= 0.3 is 0 Å². The van der Waals surface area contributed by atoms with Crippen molar-refractivity contribution in [3.63, 3.8) is 0 Å². The molecule has 0 fully saturated rings. The Bertz CT molecular complexity index is 1350. The lowest BCUT2D eigenvalue weighted by Crippen LogP contribution is -2.12. The molecule has 0 aliphatic carbocycles. The second-order valence-corrected chi connectivity index (χ2v) is 8.57. The quantitative estimate of drug-likeness (QED) is 0.382. The number of para-hydroxylation sites is 1. The Hall–Kier alpha value is -3.70. The molecular weight excluding hydrogens is 470 g/mol. The number of thiazole rings is 2. The van der Waals surface area contributed by atoms with Gasteiger partial charge in [-0.2, -0.15) is 0 Å². The van der Waals surface area contributed by atoms with E-state index in [9.17, 15) is 18.4 Å². The third-order valence-electron chi connectivity index (χ3n) is 4.51. The molecule has 0 spiro atoms. The van der Waals surface area contributed by atoms with E-state index < -0.39 is 17.5 Å². The van der Waals surface area contributed by atoms with Gasteiger partial charge in [0, 0.05) is 10.9 Å². The Morgan fingerprint density at radius 2 is 1.73 bits per heavy atom. The van der Waals surface area contributed by atoms with E-state index in [1.54, 1.807) is 36.6 Å². The number of hydrogen-bond donors (Lipinski definition) is 2. The van der Waals surface area contributed by atoms with Crippen LogP contribution in [-0.4, -0.2) is 28.9 Å². The number of nitrogens with one attached hydrogen (secondary N) is 2. The molecule has 4 rings (SSSR count). The molecule has 0 saturated heterocycles. The number of benzene rings is 2. The molecule has 168 valence electrons. The largest absolute Gasteiger partial charge is 0.496 e. The average Bonchev–Trinajstić information content (AvgIpc) is 3.41. The van der Waals surface area contributed by atoms with Crippen LogP contribution in [0.25, 0.3) is 10.6 Å². The number of carbonyl (C=O) groups is 2. The SMILES string of the molecule is COc1ccccc1C(=O)Nc1nc(C)c(-c2csc(NC(=O)c3ccc(F)c(F)c3)n2)s1. The van der Waals surface area contributed by atoms with Crippen molar-refractivity contribution < 1.29 is 23.1 Å². The second kappa shape index (κ2) is 9.43. The van der Waals surface area contributed by atoms with Crippen LogP contribution < -0.4 is 15.4 Å². The third-order valence-corrected chi connectivity index (χ3v) is 6.36. The van der Waals surface area contributed by atoms with Crippen LogP contribution in [0.15, 0.2) is 47.8 Å². The maximum absolute atomic E-state index is 13.4. The van der Waals surface area contributed by atoms with Crippen LogP contribution in [-0.2, 0) is 0 Å². The Kier molecular flexibility index (Phi) is 6.43. The first-order chi connectivity index (χ1) is 15.9. The van der Waals surface area contributed by atoms with Gasteiger partial charge in [-0.05, 0) is 37.3 Å². The van der Waals surface area contributed by atoms with Crippen LogP contribution in [0.3, 0.4) is 0 Å². The van der Waals surface area contributed by atoms with E-state index in [1.807, 2.05) is 0 Å². The molecule has 4 aromatic rings. The molecule has 33 heavy (non-hydrogen) atoms. The Labute approximate surface area is 195 Å². The van der Waals surface area contributed by atoms with Crippen molar-refractivity contribution in [3.8, 4) is 16.3 Å². The first-order valence-electron chi connectivity index (χ1n) is 9.50. The zero-order chi connectivity index (χ0) is 23.5. The van der Waals surface area contributed by atoms with Crippen molar-refractivity contribution in [2.45, 2.75) is 6.92 Å². The molecule has 2 aromatic carbocycles. The highest BCUT2D eigenvalue weighted by Gasteiger charge is 2.18. The van der Waals surface area contributed by atoms with Crippen molar-refractivity contribution in [1.82, 2.24) is 9.97 Å². The smallest absolute Gasteiger partial charge is 0.261 e. The number of amides is 2. The summed E-state index contributed by atoms with van der Waals surface area (Å²) in [4.78, 5) is 34.4. The lowest BCUT2D eigenvalue weighted by atomic mass is 10.2. The van der Waals surface area contributed by atoms with Crippen molar-refractivity contribution in [2.75, 3.05) is 17.7 Å². The average molecular weight is 487 g/mol. The summed E-state index contributed by atoms with van der Waals surface area (Å²) in [6, 6.07) is 9.75. The molecule has 0 atom stereocenters. The normalized spacial score (nSPS) is 10.7. The van der Waals surface area contributed by atoms with Gasteiger partial charge in [-0.1, -0.05) is 23.5 Å². The molecule has 0 unspecified atom stereocenters. The van der Waals surface area contributed by atoms with E-state index in [0.717, 1.165) is 17.0 Å². The Balaban J connectivity index is 1.49. The lowest BCUT2D eigenvalue weighted by molar-refractivity contribution is 0.101. The summed E-state index contributed by atoms with van der Waals surface area (Å²) in [5.41, 5.74) is 1.57. The minimum atomic E-state index is -1.11. The van der Waals surface area contributed by atoms with E-state index in [1.165, 1.54) is 35.8 Å². The molecule has 0 bridgehead atoms. The number of aromatic nitrogens is 2. The van der Waals surface area contributed by atoms with Crippen LogP contribution in [0, 0.1) is 18.6 Å². The van der Waals surface area contributed by atoms with Gasteiger partial charge < -0.3 is 4.74 Å². The topological polar surface area (TPSA) is 93.2 Å². The van der Waals surface area contributed by atoms with E-state index in [-0.39, 0.29) is 16.6 Å². The fraction of sp³-hybridized carbons (Fsp3) is 0.0909. The van der Waals surface area contributed by atoms with E-state index in [2.05, 4.69) is 20.6 Å². The number of rotatable bonds is 6. The van der Waals surface area contributed by atoms with Gasteiger partial charge in [0.2, 0.25) is 0 Å². The van der Waals surface area contributed by atoms with Crippen LogP contribution in [0.2, 0.25) is 0 Å². The number of hydrogen-bond acceptors (Lipinski definition) is 7. The van der Waals surface area contributed by atoms with Gasteiger partial charge in [0.1, 0.15) is 5.75 Å². The van der Waals surface area contributed by atoms with Gasteiger partial charge in [0.25, 0.3) is 11.8 Å². The third kappa shape index (κ3) is 4.89. The predicted octanol–water partition coefficient (Wildman–Crippen LogP) is 5.37. The number of aryl methyl sites for hydroxylation is 1. The highest BCUT2D eigenvalue weighted by molar-refractivity contribution is 7.20. The van der Waals surface area contributed by atoms with Crippen LogP contribution in [0.5, 0.6) is 5.75 Å². The molecule has 0 aliphatic rings. The van der Waals surface area contributed by atoms with Gasteiger partial charge in [-0.15, -0.1) is 11.3 Å². The van der Waals surface area contributed by atoms with Crippen LogP contribution in [0.4, 0.5) is 19.0 Å². The number of nitrogens with zero attached hydrogens (tertiary/aromatic N) is 2. The molecule has 2 heterocycles. The van der Waals surface area contributed by atoms with E-state index >= 15 is 0 Å². The highest BCUT2D eigenvalue weighted by Crippen LogP contribution is 2.35. The Morgan fingerprint density at radius 1 is 0.970 bits per heavy atom. The van der Waals surface area contributed by atoms with Gasteiger partial charge in [-0.3, -0.25) is 20.2 Å². The fourth-order valence-electron chi connectivity index (χ4n) is 2.93. The summed E-state index contributed by atoms with van der Waals surface area (Å²) in [7, 11) is 1.49. The Morgan fingerprint density at radius 3 is 2.48 bits per heavy atom. The second-order valence-electron chi connectivity index (χ2n) is 6.71. The maximum Gasteiger partial charge on any atom is 0.261 e. The first kappa shape index (κ1) is 22.5. The molecule has 11 heteroatoms. The monoisotopic (exact) mass is 486 g/mol. The molecule has 0 radical (unpaired) electrons. The molecule has 7 nitrogen and oxygen atoms in total. The lowest BCUT2D eigenvalue weighted by Gasteiger charge is -2.06. The van der Waals surface area contributed by atoms with E-state index in [4.69, 9.17) is 4.74 Å². The highest BCUT2D eigenvalue weighted by atomic mass is 32.1. The van der Waals surface area contributed by atoms with Crippen molar-refractivity contribution in [3.05, 3.63) is 76.3 Å². The number of methoxy groups -OCH3 is 1. The van der Waals surface area contributed by atoms with Crippen molar-refractivity contribution in [2.24, 2.45) is 0 Å². The minimum absolute atomic E-state index is 0.0269. The summed E-state index contributed by atoms with van der Waals surface area (Å²) >= 11 is 2.41. The first-order valence-corrected chi connectivity index (χ1v) is 11.2. The van der Waals surface area contributed by atoms with Crippen molar-refractivity contribution >= 4 is 44.8 Å². The summed E-state index contributed by atoms with van der Waals surface area (Å²) in [6.45, 7) is 1.78. The van der Waals surface area contributed by atoms with E-state index in [0.29, 0.717) is 27.8 Å². The van der Waals surface area contributed by atoms with Crippen LogP contribution >= 0.6 is 22.7 Å². The summed E-state index contributed by atoms with van der Waals surface area (Å²) in [5.74, 6) is -2.65. The number of carbonyl (C=O) groups excluding carboxylic acids is 2. The molecule has 2 aromatic heterocycles. The molecule has 0 aliphatic heterocycles. The molecule has 0 saturated carbocycles. The molecule has 2 N–H and O–H groups in total. The molecule has 2 amide bonds. The van der Waals surface area contributed by atoms with Crippen molar-refractivity contribution in [1.29, 1.82) is 0 Å². The minimum Gasteiger partial charge on any atom is -0.496 e. The van der Waals surface area contributed by atoms with Gasteiger partial charge in [0.05, 0.1) is 28.9 Å². The fourth-order valence-corrected chi connectivity index (χ4v) is 4.62. The maximum atomic E-state index is 13.4. The van der Waals surface area contributed by atoms with Gasteiger partial charge in [-0.25, -0.2) is 18.7 Å². The number of anilines is 2. The standard InChI is InChI=1S/C22H16F2N4O3S2/c1-11-18(33-22(25-11)28-20(30)13-5-3-4-6-17(13)31-2)16-10-32-21(26-16)27-19(29)12-7-8-14(23)15(24)9-12/h3-10H,1-2H3,(H,25,28,30)(H,26,27,29). The van der Waals surface area contributed by atoms with Gasteiger partial charge in [0.15, 0.2) is 21.9 Å². The summed E-state index contributed by atoms with van der Waals surface area (Å²) < 4.78 is 31.7. The zero-order valence-electron chi connectivity index (χ0n) is 17.3. The number of halogens is 2.